The average Bonchev–Trinajstić information content (AvgIpc) is 2.96. The molecule has 4 atom stereocenters. The van der Waals surface area contributed by atoms with Crippen molar-refractivity contribution in [3.05, 3.63) is 18.0 Å². The van der Waals surface area contributed by atoms with Crippen molar-refractivity contribution in [2.45, 2.75) is 64.0 Å². The van der Waals surface area contributed by atoms with E-state index in [1.807, 2.05) is 7.05 Å². The van der Waals surface area contributed by atoms with Crippen molar-refractivity contribution in [3.8, 4) is 0 Å². The molecule has 4 saturated carbocycles. The summed E-state index contributed by atoms with van der Waals surface area (Å²) in [7, 11) is 1.84. The maximum Gasteiger partial charge on any atom is 0.229 e. The second-order valence-corrected chi connectivity index (χ2v) is 8.51. The quantitative estimate of drug-likeness (QED) is 0.927. The van der Waals surface area contributed by atoms with Crippen molar-refractivity contribution in [3.63, 3.8) is 0 Å². The number of amides is 1. The largest absolute Gasteiger partial charge is 0.390 e. The van der Waals surface area contributed by atoms with E-state index >= 15 is 0 Å². The van der Waals surface area contributed by atoms with E-state index in [-0.39, 0.29) is 16.7 Å². The molecule has 5 heteroatoms. The fourth-order valence-electron chi connectivity index (χ4n) is 6.25. The molecule has 1 aromatic rings. The number of aliphatic hydroxyl groups is 1. The van der Waals surface area contributed by atoms with Gasteiger partial charge in [0, 0.05) is 13.1 Å². The smallest absolute Gasteiger partial charge is 0.229 e. The first kappa shape index (κ1) is 15.2. The highest BCUT2D eigenvalue weighted by Gasteiger charge is 2.65. The average molecular weight is 318 g/mol. The number of hydrogen-bond acceptors (Lipinski definition) is 4. The van der Waals surface area contributed by atoms with Crippen LogP contribution in [0.15, 0.2) is 16.8 Å². The zero-order chi connectivity index (χ0) is 16.3. The summed E-state index contributed by atoms with van der Waals surface area (Å²) < 4.78 is 5.14. The molecule has 4 bridgehead atoms. The van der Waals surface area contributed by atoms with Crippen LogP contribution in [0.3, 0.4) is 0 Å². The molecular weight excluding hydrogens is 292 g/mol. The van der Waals surface area contributed by atoms with Gasteiger partial charge in [-0.05, 0) is 49.9 Å². The molecule has 0 saturated heterocycles. The summed E-state index contributed by atoms with van der Waals surface area (Å²) in [5.74, 6) is 1.38. The van der Waals surface area contributed by atoms with Crippen LogP contribution in [0.5, 0.6) is 0 Å². The van der Waals surface area contributed by atoms with Crippen LogP contribution in [0.25, 0.3) is 0 Å². The lowest BCUT2D eigenvalue weighted by Gasteiger charge is -2.64. The number of nitrogens with zero attached hydrogens (tertiary/aromatic N) is 2. The molecule has 5 nitrogen and oxygen atoms in total. The van der Waals surface area contributed by atoms with Crippen LogP contribution in [0, 0.1) is 16.7 Å². The third-order valence-electron chi connectivity index (χ3n) is 6.59. The maximum absolute atomic E-state index is 13.3. The van der Waals surface area contributed by atoms with Gasteiger partial charge in [-0.1, -0.05) is 18.5 Å². The molecule has 1 aromatic heterocycles. The molecule has 0 aromatic carbocycles. The third-order valence-corrected chi connectivity index (χ3v) is 6.59. The van der Waals surface area contributed by atoms with E-state index in [1.165, 1.54) is 6.42 Å². The summed E-state index contributed by atoms with van der Waals surface area (Å²) in [5, 5.41) is 14.8. The molecular formula is C18H26N2O3. The molecule has 4 fully saturated rings. The van der Waals surface area contributed by atoms with Gasteiger partial charge in [-0.15, -0.1) is 0 Å². The Morgan fingerprint density at radius 2 is 2.22 bits per heavy atom. The number of hydrogen-bond donors (Lipinski definition) is 1. The predicted octanol–water partition coefficient (Wildman–Crippen LogP) is 2.74. The van der Waals surface area contributed by atoms with E-state index in [2.05, 4.69) is 12.1 Å². The van der Waals surface area contributed by atoms with Crippen molar-refractivity contribution in [2.75, 3.05) is 7.05 Å². The normalized spacial score (nSPS) is 41.3. The lowest BCUT2D eigenvalue weighted by molar-refractivity contribution is -0.209. The molecule has 0 radical (unpaired) electrons. The Balaban J connectivity index is 1.61. The van der Waals surface area contributed by atoms with Crippen LogP contribution in [0.2, 0.25) is 0 Å². The summed E-state index contributed by atoms with van der Waals surface area (Å²) in [6, 6.07) is 1.80. The van der Waals surface area contributed by atoms with Gasteiger partial charge in [0.1, 0.15) is 0 Å². The fourth-order valence-corrected chi connectivity index (χ4v) is 6.25. The molecule has 1 amide bonds. The van der Waals surface area contributed by atoms with Crippen LogP contribution in [-0.2, 0) is 11.3 Å². The molecule has 4 aliphatic carbocycles. The predicted molar refractivity (Wildman–Crippen MR) is 84.3 cm³/mol. The summed E-state index contributed by atoms with van der Waals surface area (Å²) >= 11 is 0. The third kappa shape index (κ3) is 2.32. The van der Waals surface area contributed by atoms with Gasteiger partial charge in [0.25, 0.3) is 0 Å². The van der Waals surface area contributed by atoms with E-state index in [0.717, 1.165) is 32.1 Å². The van der Waals surface area contributed by atoms with Crippen molar-refractivity contribution >= 4 is 5.91 Å². The molecule has 5 rings (SSSR count). The Morgan fingerprint density at radius 1 is 1.39 bits per heavy atom. The molecule has 1 heterocycles. The van der Waals surface area contributed by atoms with Crippen molar-refractivity contribution in [2.24, 2.45) is 16.7 Å². The van der Waals surface area contributed by atoms with Gasteiger partial charge in [-0.25, -0.2) is 0 Å². The summed E-state index contributed by atoms with van der Waals surface area (Å²) in [6.45, 7) is 2.66. The van der Waals surface area contributed by atoms with E-state index in [1.54, 1.807) is 17.2 Å². The second-order valence-electron chi connectivity index (χ2n) is 8.51. The number of aromatic nitrogens is 1. The van der Waals surface area contributed by atoms with Crippen LogP contribution in [-0.4, -0.2) is 33.7 Å². The highest BCUT2D eigenvalue weighted by atomic mass is 16.5. The Hall–Kier alpha value is -1.36. The van der Waals surface area contributed by atoms with E-state index in [9.17, 15) is 9.90 Å². The first-order chi connectivity index (χ1) is 10.9. The van der Waals surface area contributed by atoms with Gasteiger partial charge in [0.15, 0.2) is 5.76 Å². The van der Waals surface area contributed by atoms with E-state index in [4.69, 9.17) is 4.52 Å². The van der Waals surface area contributed by atoms with Crippen molar-refractivity contribution in [1.82, 2.24) is 10.1 Å². The van der Waals surface area contributed by atoms with E-state index in [0.29, 0.717) is 24.6 Å². The molecule has 1 N–H and O–H groups in total. The Labute approximate surface area is 137 Å². The topological polar surface area (TPSA) is 66.6 Å². The highest BCUT2D eigenvalue weighted by molar-refractivity contribution is 5.83. The Kier molecular flexibility index (Phi) is 3.18. The van der Waals surface area contributed by atoms with Crippen LogP contribution in [0.4, 0.5) is 0 Å². The molecule has 126 valence electrons. The molecule has 23 heavy (non-hydrogen) atoms. The standard InChI is InChI=1S/C18H26N2O3/c1-3-16-6-13-7-17(10-16,12-18(22,8-13)11-16)15(21)20(2)9-14-4-5-19-23-14/h4-5,13,22H,3,6-12H2,1-2H3/t13-,16+,17+,18-/m1/s1. The van der Waals surface area contributed by atoms with Crippen LogP contribution >= 0.6 is 0 Å². The maximum atomic E-state index is 13.3. The molecule has 0 aliphatic heterocycles. The lowest BCUT2D eigenvalue weighted by atomic mass is 9.42. The van der Waals surface area contributed by atoms with Gasteiger partial charge >= 0.3 is 0 Å². The SMILES string of the molecule is CC[C@@]12C[C@H]3C[C@@](O)(C1)C[C@](C(=O)N(C)Cc1ccno1)(C3)C2. The van der Waals surface area contributed by atoms with Crippen molar-refractivity contribution < 1.29 is 14.4 Å². The van der Waals surface area contributed by atoms with Gasteiger partial charge in [0.05, 0.1) is 23.8 Å². The van der Waals surface area contributed by atoms with Gasteiger partial charge in [-0.3, -0.25) is 4.79 Å². The van der Waals surface area contributed by atoms with Crippen LogP contribution < -0.4 is 0 Å². The zero-order valence-corrected chi connectivity index (χ0v) is 14.0. The first-order valence-corrected chi connectivity index (χ1v) is 8.75. The lowest BCUT2D eigenvalue weighted by Crippen LogP contribution is -2.63. The molecule has 0 unspecified atom stereocenters. The minimum Gasteiger partial charge on any atom is -0.390 e. The van der Waals surface area contributed by atoms with Gasteiger partial charge < -0.3 is 14.5 Å². The fraction of sp³-hybridized carbons (Fsp3) is 0.778. The summed E-state index contributed by atoms with van der Waals surface area (Å²) in [4.78, 5) is 15.0. The Bertz CT molecular complexity index is 616. The minimum atomic E-state index is -0.627. The summed E-state index contributed by atoms with van der Waals surface area (Å²) in [6.07, 6.45) is 8.14. The number of carbonyl (C=O) groups is 1. The number of carbonyl (C=O) groups excluding carboxylic acids is 1. The highest BCUT2D eigenvalue weighted by Crippen LogP contribution is 2.67. The van der Waals surface area contributed by atoms with Crippen molar-refractivity contribution in [1.29, 1.82) is 0 Å². The molecule has 0 spiro atoms. The minimum absolute atomic E-state index is 0.164. The second kappa shape index (κ2) is 4.82. The van der Waals surface area contributed by atoms with E-state index < -0.39 is 5.60 Å². The monoisotopic (exact) mass is 318 g/mol. The Morgan fingerprint density at radius 3 is 2.87 bits per heavy atom. The first-order valence-electron chi connectivity index (χ1n) is 8.75. The van der Waals surface area contributed by atoms with Crippen LogP contribution in [0.1, 0.15) is 57.6 Å². The van der Waals surface area contributed by atoms with Gasteiger partial charge in [-0.2, -0.15) is 0 Å². The number of rotatable bonds is 4. The van der Waals surface area contributed by atoms with Gasteiger partial charge in [0.2, 0.25) is 5.91 Å². The summed E-state index contributed by atoms with van der Waals surface area (Å²) in [5.41, 5.74) is -0.839. The molecule has 4 aliphatic rings. The zero-order valence-electron chi connectivity index (χ0n) is 14.0.